The minimum absolute atomic E-state index is 0.476. The predicted octanol–water partition coefficient (Wildman–Crippen LogP) is 2.81. The molecule has 0 aromatic carbocycles. The molecule has 0 spiro atoms. The van der Waals surface area contributed by atoms with Gasteiger partial charge in [-0.2, -0.15) is 0 Å². The molecule has 1 fully saturated rings. The Bertz CT molecular complexity index is 383. The minimum atomic E-state index is 0.476. The van der Waals surface area contributed by atoms with Crippen molar-refractivity contribution in [1.82, 2.24) is 15.2 Å². The Morgan fingerprint density at radius 1 is 1.37 bits per heavy atom. The van der Waals surface area contributed by atoms with Crippen molar-refractivity contribution >= 4 is 0 Å². The van der Waals surface area contributed by atoms with Crippen molar-refractivity contribution in [3.05, 3.63) is 29.6 Å². The van der Waals surface area contributed by atoms with Crippen LogP contribution < -0.4 is 5.32 Å². The van der Waals surface area contributed by atoms with Crippen LogP contribution in [-0.2, 0) is 13.1 Å². The van der Waals surface area contributed by atoms with Gasteiger partial charge in [-0.25, -0.2) is 0 Å². The van der Waals surface area contributed by atoms with Crippen molar-refractivity contribution in [2.24, 2.45) is 5.41 Å². The van der Waals surface area contributed by atoms with E-state index in [0.29, 0.717) is 5.41 Å². The van der Waals surface area contributed by atoms with Crippen LogP contribution in [0.4, 0.5) is 0 Å². The Balaban J connectivity index is 1.82. The molecule has 2 heterocycles. The largest absolute Gasteiger partial charge is 0.313 e. The van der Waals surface area contributed by atoms with Crippen LogP contribution >= 0.6 is 0 Å². The van der Waals surface area contributed by atoms with E-state index in [1.807, 2.05) is 6.20 Å². The molecule has 1 aliphatic rings. The summed E-state index contributed by atoms with van der Waals surface area (Å²) in [7, 11) is 0. The number of likely N-dealkylation sites (tertiary alicyclic amines) is 1. The first kappa shape index (κ1) is 14.5. The van der Waals surface area contributed by atoms with Gasteiger partial charge in [0.05, 0.1) is 5.69 Å². The lowest BCUT2D eigenvalue weighted by Crippen LogP contribution is -2.23. The third kappa shape index (κ3) is 4.59. The maximum Gasteiger partial charge on any atom is 0.0544 e. The van der Waals surface area contributed by atoms with Crippen molar-refractivity contribution in [2.75, 3.05) is 19.6 Å². The molecular formula is C16H27N3. The molecule has 3 nitrogen and oxygen atoms in total. The molecule has 0 atom stereocenters. The van der Waals surface area contributed by atoms with Crippen molar-refractivity contribution in [3.63, 3.8) is 0 Å². The minimum Gasteiger partial charge on any atom is -0.313 e. The molecule has 1 aromatic heterocycles. The Labute approximate surface area is 117 Å². The van der Waals surface area contributed by atoms with Crippen molar-refractivity contribution in [1.29, 1.82) is 0 Å². The predicted molar refractivity (Wildman–Crippen MR) is 79.9 cm³/mol. The number of aromatic nitrogens is 1. The molecule has 0 amide bonds. The fourth-order valence-corrected chi connectivity index (χ4v) is 2.65. The number of pyridine rings is 1. The second-order valence-corrected chi connectivity index (χ2v) is 6.46. The van der Waals surface area contributed by atoms with Crippen LogP contribution in [0.1, 0.15) is 44.9 Å². The molecule has 1 N–H and O–H groups in total. The lowest BCUT2D eigenvalue weighted by Gasteiger charge is -2.19. The van der Waals surface area contributed by atoms with Crippen LogP contribution in [0.5, 0.6) is 0 Å². The van der Waals surface area contributed by atoms with E-state index in [0.717, 1.165) is 19.6 Å². The average molecular weight is 261 g/mol. The summed E-state index contributed by atoms with van der Waals surface area (Å²) in [6.45, 7) is 12.3. The van der Waals surface area contributed by atoms with Crippen molar-refractivity contribution < 1.29 is 0 Å². The summed E-state index contributed by atoms with van der Waals surface area (Å²) in [5.74, 6) is 0. The standard InChI is InChI=1S/C16H27N3/c1-4-8-17-10-14-5-6-15(18-11-14)12-19-9-7-16(2,3)13-19/h5-6,11,17H,4,7-10,12-13H2,1-3H3. The first-order valence-electron chi connectivity index (χ1n) is 7.46. The van der Waals surface area contributed by atoms with Gasteiger partial charge in [-0.15, -0.1) is 0 Å². The second kappa shape index (κ2) is 6.49. The van der Waals surface area contributed by atoms with E-state index in [2.05, 4.69) is 48.1 Å². The first-order chi connectivity index (χ1) is 9.09. The first-order valence-corrected chi connectivity index (χ1v) is 7.46. The normalized spacial score (nSPS) is 18.9. The maximum atomic E-state index is 4.59. The molecular weight excluding hydrogens is 234 g/mol. The molecule has 19 heavy (non-hydrogen) atoms. The third-order valence-corrected chi connectivity index (χ3v) is 3.78. The Hall–Kier alpha value is -0.930. The topological polar surface area (TPSA) is 28.2 Å². The van der Waals surface area contributed by atoms with Crippen LogP contribution in [-0.4, -0.2) is 29.5 Å². The Morgan fingerprint density at radius 2 is 2.21 bits per heavy atom. The average Bonchev–Trinajstić information content (AvgIpc) is 2.71. The highest BCUT2D eigenvalue weighted by molar-refractivity contribution is 5.14. The van der Waals surface area contributed by atoms with Crippen LogP contribution in [0, 0.1) is 5.41 Å². The van der Waals surface area contributed by atoms with Crippen LogP contribution in [0.3, 0.4) is 0 Å². The van der Waals surface area contributed by atoms with Gasteiger partial charge in [-0.3, -0.25) is 9.88 Å². The Kier molecular flexibility index (Phi) is 4.94. The van der Waals surface area contributed by atoms with Gasteiger partial charge in [0, 0.05) is 25.8 Å². The number of hydrogen-bond acceptors (Lipinski definition) is 3. The molecule has 106 valence electrons. The molecule has 0 bridgehead atoms. The van der Waals surface area contributed by atoms with Gasteiger partial charge < -0.3 is 5.32 Å². The highest BCUT2D eigenvalue weighted by Gasteiger charge is 2.28. The molecule has 0 aliphatic carbocycles. The van der Waals surface area contributed by atoms with Crippen LogP contribution in [0.15, 0.2) is 18.3 Å². The molecule has 1 aliphatic heterocycles. The summed E-state index contributed by atoms with van der Waals surface area (Å²) in [5, 5.41) is 3.40. The van der Waals surface area contributed by atoms with Gasteiger partial charge in [0.2, 0.25) is 0 Å². The number of nitrogens with one attached hydrogen (secondary N) is 1. The summed E-state index contributed by atoms with van der Waals surface area (Å²) in [4.78, 5) is 7.10. The fraction of sp³-hybridized carbons (Fsp3) is 0.688. The van der Waals surface area contributed by atoms with Gasteiger partial charge in [0.25, 0.3) is 0 Å². The molecule has 2 rings (SSSR count). The van der Waals surface area contributed by atoms with Crippen LogP contribution in [0.2, 0.25) is 0 Å². The zero-order valence-corrected chi connectivity index (χ0v) is 12.6. The van der Waals surface area contributed by atoms with E-state index in [-0.39, 0.29) is 0 Å². The quantitative estimate of drug-likeness (QED) is 0.798. The third-order valence-electron chi connectivity index (χ3n) is 3.78. The monoisotopic (exact) mass is 261 g/mol. The smallest absolute Gasteiger partial charge is 0.0544 e. The lowest BCUT2D eigenvalue weighted by atomic mass is 9.93. The van der Waals surface area contributed by atoms with E-state index in [1.54, 1.807) is 0 Å². The Morgan fingerprint density at radius 3 is 2.79 bits per heavy atom. The molecule has 1 saturated heterocycles. The number of hydrogen-bond donors (Lipinski definition) is 1. The highest BCUT2D eigenvalue weighted by atomic mass is 15.2. The second-order valence-electron chi connectivity index (χ2n) is 6.46. The maximum absolute atomic E-state index is 4.59. The zero-order valence-electron chi connectivity index (χ0n) is 12.6. The van der Waals surface area contributed by atoms with Crippen molar-refractivity contribution in [3.8, 4) is 0 Å². The summed E-state index contributed by atoms with van der Waals surface area (Å²) in [6, 6.07) is 4.38. The van der Waals surface area contributed by atoms with Crippen molar-refractivity contribution in [2.45, 2.75) is 46.7 Å². The molecule has 1 aromatic rings. The summed E-state index contributed by atoms with van der Waals surface area (Å²) in [5.41, 5.74) is 2.94. The highest BCUT2D eigenvalue weighted by Crippen LogP contribution is 2.29. The number of rotatable bonds is 6. The summed E-state index contributed by atoms with van der Waals surface area (Å²) in [6.07, 6.45) is 4.49. The van der Waals surface area contributed by atoms with E-state index in [4.69, 9.17) is 0 Å². The van der Waals surface area contributed by atoms with Gasteiger partial charge >= 0.3 is 0 Å². The fourth-order valence-electron chi connectivity index (χ4n) is 2.65. The molecule has 3 heteroatoms. The van der Waals surface area contributed by atoms with Gasteiger partial charge in [0.15, 0.2) is 0 Å². The molecule has 0 unspecified atom stereocenters. The van der Waals surface area contributed by atoms with E-state index >= 15 is 0 Å². The number of nitrogens with zero attached hydrogens (tertiary/aromatic N) is 2. The van der Waals surface area contributed by atoms with Crippen LogP contribution in [0.25, 0.3) is 0 Å². The molecule has 0 radical (unpaired) electrons. The van der Waals surface area contributed by atoms with Gasteiger partial charge in [0.1, 0.15) is 0 Å². The van der Waals surface area contributed by atoms with Gasteiger partial charge in [-0.1, -0.05) is 26.8 Å². The SMILES string of the molecule is CCCNCc1ccc(CN2CCC(C)(C)C2)nc1. The zero-order chi connectivity index (χ0) is 13.7. The summed E-state index contributed by atoms with van der Waals surface area (Å²) >= 11 is 0. The van der Waals surface area contributed by atoms with E-state index in [9.17, 15) is 0 Å². The summed E-state index contributed by atoms with van der Waals surface area (Å²) < 4.78 is 0. The molecule has 0 saturated carbocycles. The van der Waals surface area contributed by atoms with E-state index in [1.165, 1.54) is 37.2 Å². The lowest BCUT2D eigenvalue weighted by molar-refractivity contribution is 0.281. The van der Waals surface area contributed by atoms with E-state index < -0.39 is 0 Å². The van der Waals surface area contributed by atoms with Gasteiger partial charge in [-0.05, 0) is 43.0 Å².